The number of rotatable bonds is 8. The first-order chi connectivity index (χ1) is 8.72. The van der Waals surface area contributed by atoms with Crippen molar-refractivity contribution in [3.05, 3.63) is 23.8 Å². The van der Waals surface area contributed by atoms with E-state index < -0.39 is 6.10 Å². The molecule has 1 atom stereocenters. The Morgan fingerprint density at radius 3 is 2.39 bits per heavy atom. The Morgan fingerprint density at radius 2 is 1.78 bits per heavy atom. The van der Waals surface area contributed by atoms with Crippen molar-refractivity contribution in [2.24, 2.45) is 0 Å². The third kappa shape index (κ3) is 4.42. The van der Waals surface area contributed by atoms with Crippen molar-refractivity contribution >= 4 is 11.8 Å². The van der Waals surface area contributed by atoms with E-state index in [-0.39, 0.29) is 0 Å². The number of thioether (sulfide) groups is 1. The van der Waals surface area contributed by atoms with E-state index in [1.807, 2.05) is 32.0 Å². The molecule has 0 aliphatic rings. The van der Waals surface area contributed by atoms with Crippen LogP contribution in [0.1, 0.15) is 32.4 Å². The fourth-order valence-electron chi connectivity index (χ4n) is 1.60. The van der Waals surface area contributed by atoms with Gasteiger partial charge in [-0.3, -0.25) is 0 Å². The number of ether oxygens (including phenoxy) is 2. The highest BCUT2D eigenvalue weighted by Gasteiger charge is 2.12. The molecular formula is C14H22O3S. The second-order valence-corrected chi connectivity index (χ2v) is 5.07. The van der Waals surface area contributed by atoms with Crippen molar-refractivity contribution in [2.45, 2.75) is 26.9 Å². The average Bonchev–Trinajstić information content (AvgIpc) is 2.38. The van der Waals surface area contributed by atoms with Crippen molar-refractivity contribution in [3.8, 4) is 11.5 Å². The van der Waals surface area contributed by atoms with Gasteiger partial charge in [-0.1, -0.05) is 13.0 Å². The van der Waals surface area contributed by atoms with Gasteiger partial charge in [0.1, 0.15) is 0 Å². The van der Waals surface area contributed by atoms with Crippen LogP contribution in [0.15, 0.2) is 18.2 Å². The normalized spacial score (nSPS) is 12.2. The van der Waals surface area contributed by atoms with Crippen LogP contribution in [0.3, 0.4) is 0 Å². The molecule has 102 valence electrons. The number of aliphatic hydroxyl groups excluding tert-OH is 1. The van der Waals surface area contributed by atoms with Gasteiger partial charge in [-0.05, 0) is 37.3 Å². The molecule has 3 nitrogen and oxygen atoms in total. The standard InChI is InChI=1S/C14H22O3S/c1-4-16-13-8-7-11(9-14(13)17-5-2)12(15)10-18-6-3/h7-9,12,15H,4-6,10H2,1-3H3. The quantitative estimate of drug-likeness (QED) is 0.787. The van der Waals surface area contributed by atoms with E-state index in [2.05, 4.69) is 6.92 Å². The molecule has 1 aromatic carbocycles. The van der Waals surface area contributed by atoms with Crippen molar-refractivity contribution < 1.29 is 14.6 Å². The Kier molecular flexibility index (Phi) is 6.98. The lowest BCUT2D eigenvalue weighted by Gasteiger charge is -2.15. The van der Waals surface area contributed by atoms with Crippen LogP contribution >= 0.6 is 11.8 Å². The summed E-state index contributed by atoms with van der Waals surface area (Å²) in [4.78, 5) is 0. The molecule has 1 N–H and O–H groups in total. The van der Waals surface area contributed by atoms with Crippen molar-refractivity contribution in [3.63, 3.8) is 0 Å². The lowest BCUT2D eigenvalue weighted by molar-refractivity contribution is 0.203. The van der Waals surface area contributed by atoms with Crippen LogP contribution < -0.4 is 9.47 Å². The molecule has 1 rings (SSSR count). The number of hydrogen-bond donors (Lipinski definition) is 1. The molecule has 1 aromatic rings. The van der Waals surface area contributed by atoms with Gasteiger partial charge in [0.2, 0.25) is 0 Å². The summed E-state index contributed by atoms with van der Waals surface area (Å²) in [6.45, 7) is 7.15. The molecule has 0 aliphatic heterocycles. The fourth-order valence-corrected chi connectivity index (χ4v) is 2.25. The Labute approximate surface area is 113 Å². The zero-order valence-electron chi connectivity index (χ0n) is 11.3. The molecule has 0 amide bonds. The highest BCUT2D eigenvalue weighted by atomic mass is 32.2. The maximum Gasteiger partial charge on any atom is 0.161 e. The van der Waals surface area contributed by atoms with E-state index in [1.54, 1.807) is 11.8 Å². The van der Waals surface area contributed by atoms with Gasteiger partial charge < -0.3 is 14.6 Å². The topological polar surface area (TPSA) is 38.7 Å². The number of hydrogen-bond acceptors (Lipinski definition) is 4. The van der Waals surface area contributed by atoms with E-state index in [4.69, 9.17) is 9.47 Å². The molecule has 1 unspecified atom stereocenters. The van der Waals surface area contributed by atoms with Crippen LogP contribution in [0.5, 0.6) is 11.5 Å². The minimum absolute atomic E-state index is 0.454. The van der Waals surface area contributed by atoms with Crippen LogP contribution in [0, 0.1) is 0 Å². The minimum Gasteiger partial charge on any atom is -0.490 e. The van der Waals surface area contributed by atoms with Crippen LogP contribution in [0.25, 0.3) is 0 Å². The molecule has 4 heteroatoms. The molecular weight excluding hydrogens is 248 g/mol. The van der Waals surface area contributed by atoms with Gasteiger partial charge in [-0.2, -0.15) is 11.8 Å². The first kappa shape index (κ1) is 15.2. The van der Waals surface area contributed by atoms with Gasteiger partial charge in [0, 0.05) is 5.75 Å². The van der Waals surface area contributed by atoms with E-state index in [1.165, 1.54) is 0 Å². The van der Waals surface area contributed by atoms with Gasteiger partial charge in [0.05, 0.1) is 19.3 Å². The minimum atomic E-state index is -0.454. The van der Waals surface area contributed by atoms with Crippen LogP contribution in [-0.4, -0.2) is 29.8 Å². The summed E-state index contributed by atoms with van der Waals surface area (Å²) in [7, 11) is 0. The zero-order chi connectivity index (χ0) is 13.4. The summed E-state index contributed by atoms with van der Waals surface area (Å²) in [6.07, 6.45) is -0.454. The molecule has 0 saturated heterocycles. The maximum absolute atomic E-state index is 10.0. The summed E-state index contributed by atoms with van der Waals surface area (Å²) < 4.78 is 11.0. The molecule has 0 saturated carbocycles. The molecule has 0 radical (unpaired) electrons. The van der Waals surface area contributed by atoms with Crippen LogP contribution in [0.2, 0.25) is 0 Å². The van der Waals surface area contributed by atoms with E-state index >= 15 is 0 Å². The maximum atomic E-state index is 10.0. The van der Waals surface area contributed by atoms with Gasteiger partial charge in [-0.25, -0.2) is 0 Å². The third-order valence-electron chi connectivity index (χ3n) is 2.43. The molecule has 0 aliphatic carbocycles. The molecule has 0 aromatic heterocycles. The predicted molar refractivity (Wildman–Crippen MR) is 76.7 cm³/mol. The Balaban J connectivity index is 2.84. The van der Waals surface area contributed by atoms with E-state index in [0.717, 1.165) is 17.1 Å². The molecule has 0 bridgehead atoms. The van der Waals surface area contributed by atoms with Gasteiger partial charge in [0.25, 0.3) is 0 Å². The lowest BCUT2D eigenvalue weighted by Crippen LogP contribution is -2.04. The summed E-state index contributed by atoms with van der Waals surface area (Å²) in [5, 5.41) is 10.0. The van der Waals surface area contributed by atoms with Gasteiger partial charge in [0.15, 0.2) is 11.5 Å². The lowest BCUT2D eigenvalue weighted by atomic mass is 10.1. The van der Waals surface area contributed by atoms with Gasteiger partial charge >= 0.3 is 0 Å². The van der Waals surface area contributed by atoms with E-state index in [0.29, 0.717) is 24.7 Å². The summed E-state index contributed by atoms with van der Waals surface area (Å²) in [5.41, 5.74) is 0.878. The summed E-state index contributed by atoms with van der Waals surface area (Å²) in [6, 6.07) is 5.63. The molecule has 0 heterocycles. The van der Waals surface area contributed by atoms with Crippen molar-refractivity contribution in [1.29, 1.82) is 0 Å². The second kappa shape index (κ2) is 8.27. The number of benzene rings is 1. The van der Waals surface area contributed by atoms with Crippen LogP contribution in [-0.2, 0) is 0 Å². The molecule has 0 fully saturated rings. The van der Waals surface area contributed by atoms with E-state index in [9.17, 15) is 5.11 Å². The number of aliphatic hydroxyl groups is 1. The summed E-state index contributed by atoms with van der Waals surface area (Å²) in [5.74, 6) is 3.15. The van der Waals surface area contributed by atoms with Crippen molar-refractivity contribution in [1.82, 2.24) is 0 Å². The Morgan fingerprint density at radius 1 is 1.11 bits per heavy atom. The highest BCUT2D eigenvalue weighted by molar-refractivity contribution is 7.99. The zero-order valence-corrected chi connectivity index (χ0v) is 12.1. The summed E-state index contributed by atoms with van der Waals surface area (Å²) >= 11 is 1.72. The SMILES string of the molecule is CCOc1ccc(C(O)CSCC)cc1OCC. The van der Waals surface area contributed by atoms with Crippen molar-refractivity contribution in [2.75, 3.05) is 24.7 Å². The van der Waals surface area contributed by atoms with Crippen LogP contribution in [0.4, 0.5) is 0 Å². The second-order valence-electron chi connectivity index (χ2n) is 3.75. The molecule has 0 spiro atoms. The smallest absolute Gasteiger partial charge is 0.161 e. The largest absolute Gasteiger partial charge is 0.490 e. The average molecular weight is 270 g/mol. The third-order valence-corrected chi connectivity index (χ3v) is 3.39. The Hall–Kier alpha value is -0.870. The monoisotopic (exact) mass is 270 g/mol. The highest BCUT2D eigenvalue weighted by Crippen LogP contribution is 2.31. The fraction of sp³-hybridized carbons (Fsp3) is 0.571. The first-order valence-electron chi connectivity index (χ1n) is 6.38. The predicted octanol–water partition coefficient (Wildman–Crippen LogP) is 3.27. The van der Waals surface area contributed by atoms with Gasteiger partial charge in [-0.15, -0.1) is 0 Å². The molecule has 18 heavy (non-hydrogen) atoms. The Bertz CT molecular complexity index is 355. The first-order valence-corrected chi connectivity index (χ1v) is 7.53.